The molecule has 2 fully saturated rings. The lowest BCUT2D eigenvalue weighted by Crippen LogP contribution is -2.65. The predicted molar refractivity (Wildman–Crippen MR) is 80.3 cm³/mol. The van der Waals surface area contributed by atoms with Gasteiger partial charge in [-0.2, -0.15) is 0 Å². The van der Waals surface area contributed by atoms with Gasteiger partial charge in [-0.15, -0.1) is 0 Å². The lowest BCUT2D eigenvalue weighted by molar-refractivity contribution is -0.147. The Kier molecular flexibility index (Phi) is 3.93. The van der Waals surface area contributed by atoms with E-state index in [0.717, 1.165) is 31.7 Å². The van der Waals surface area contributed by atoms with Gasteiger partial charge in [-0.05, 0) is 44.4 Å². The molecule has 1 N–H and O–H groups in total. The number of nitrogens with zero attached hydrogens (tertiary/aromatic N) is 1. The van der Waals surface area contributed by atoms with Gasteiger partial charge in [0.25, 0.3) is 0 Å². The third kappa shape index (κ3) is 2.51. The van der Waals surface area contributed by atoms with Gasteiger partial charge < -0.3 is 10.2 Å². The highest BCUT2D eigenvalue weighted by Crippen LogP contribution is 2.38. The summed E-state index contributed by atoms with van der Waals surface area (Å²) in [6.45, 7) is 4.44. The van der Waals surface area contributed by atoms with E-state index in [1.54, 1.807) is 4.90 Å². The summed E-state index contributed by atoms with van der Waals surface area (Å²) in [6.07, 6.45) is 3.78. The average Bonchev–Trinajstić information content (AvgIpc) is 2.90. The molecule has 2 aliphatic rings. The molecule has 22 heavy (non-hydrogen) atoms. The fraction of sp³-hybridized carbons (Fsp3) is 0.588. The number of halogens is 2. The number of hydrogen-bond acceptors (Lipinski definition) is 2. The minimum atomic E-state index is -0.604. The van der Waals surface area contributed by atoms with Crippen LogP contribution in [0.5, 0.6) is 0 Å². The molecule has 3 nitrogen and oxygen atoms in total. The largest absolute Gasteiger partial charge is 0.330 e. The number of carbonyl (C=O) groups is 1. The summed E-state index contributed by atoms with van der Waals surface area (Å²) < 4.78 is 27.1. The van der Waals surface area contributed by atoms with E-state index in [-0.39, 0.29) is 18.0 Å². The normalized spacial score (nSPS) is 24.5. The first-order valence-electron chi connectivity index (χ1n) is 7.97. The fourth-order valence-electron chi connectivity index (χ4n) is 3.86. The Morgan fingerprint density at radius 1 is 1.18 bits per heavy atom. The van der Waals surface area contributed by atoms with Crippen LogP contribution in [-0.4, -0.2) is 28.9 Å². The van der Waals surface area contributed by atoms with Crippen molar-refractivity contribution in [3.63, 3.8) is 0 Å². The molecule has 0 unspecified atom stereocenters. The maximum Gasteiger partial charge on any atom is 0.243 e. The zero-order chi connectivity index (χ0) is 15.9. The molecule has 3 rings (SSSR count). The van der Waals surface area contributed by atoms with Crippen LogP contribution in [-0.2, 0) is 4.79 Å². The van der Waals surface area contributed by atoms with Crippen molar-refractivity contribution in [3.8, 4) is 0 Å². The molecule has 1 saturated heterocycles. The van der Waals surface area contributed by atoms with E-state index in [1.165, 1.54) is 12.1 Å². The van der Waals surface area contributed by atoms with Gasteiger partial charge in [-0.25, -0.2) is 8.78 Å². The van der Waals surface area contributed by atoms with Crippen LogP contribution >= 0.6 is 0 Å². The topological polar surface area (TPSA) is 32.3 Å². The molecule has 0 bridgehead atoms. The Morgan fingerprint density at radius 2 is 1.77 bits per heavy atom. The standard InChI is InChI=1S/C17H22F2N2O/c1-11(2)21-15(12-7-13(18)9-14(19)8-12)10-20-17(16(21)22)5-3-4-6-17/h7-9,11,15,20H,3-6,10H2,1-2H3/t15-/m0/s1. The number of rotatable bonds is 2. The van der Waals surface area contributed by atoms with Crippen LogP contribution < -0.4 is 5.32 Å². The first kappa shape index (κ1) is 15.4. The number of carbonyl (C=O) groups excluding carboxylic acids is 1. The van der Waals surface area contributed by atoms with Gasteiger partial charge in [0.2, 0.25) is 5.91 Å². The Labute approximate surface area is 129 Å². The molecule has 1 aliphatic carbocycles. The SMILES string of the molecule is CC(C)N1C(=O)C2(CCCC2)NC[C@H]1c1cc(F)cc(F)c1. The molecule has 120 valence electrons. The zero-order valence-corrected chi connectivity index (χ0v) is 13.0. The number of benzene rings is 1. The van der Waals surface area contributed by atoms with Crippen molar-refractivity contribution in [3.05, 3.63) is 35.4 Å². The zero-order valence-electron chi connectivity index (χ0n) is 13.0. The Bertz CT molecular complexity index is 562. The van der Waals surface area contributed by atoms with Crippen molar-refractivity contribution in [1.29, 1.82) is 0 Å². The van der Waals surface area contributed by atoms with Crippen LogP contribution in [0.4, 0.5) is 8.78 Å². The number of nitrogens with one attached hydrogen (secondary N) is 1. The van der Waals surface area contributed by atoms with Gasteiger partial charge in [0.15, 0.2) is 0 Å². The van der Waals surface area contributed by atoms with Crippen molar-refractivity contribution in [2.75, 3.05) is 6.54 Å². The second-order valence-electron chi connectivity index (χ2n) is 6.69. The summed E-state index contributed by atoms with van der Waals surface area (Å²) in [5.74, 6) is -1.14. The molecule has 0 radical (unpaired) electrons. The second-order valence-corrected chi connectivity index (χ2v) is 6.69. The summed E-state index contributed by atoms with van der Waals surface area (Å²) in [6, 6.07) is 3.17. The van der Waals surface area contributed by atoms with E-state index in [9.17, 15) is 13.6 Å². The van der Waals surface area contributed by atoms with E-state index in [1.807, 2.05) is 13.8 Å². The third-order valence-electron chi connectivity index (χ3n) is 4.90. The van der Waals surface area contributed by atoms with E-state index in [4.69, 9.17) is 0 Å². The average molecular weight is 308 g/mol. The minimum Gasteiger partial charge on any atom is -0.330 e. The van der Waals surface area contributed by atoms with Gasteiger partial charge in [0.05, 0.1) is 11.6 Å². The van der Waals surface area contributed by atoms with Crippen LogP contribution in [0.3, 0.4) is 0 Å². The van der Waals surface area contributed by atoms with Crippen molar-refractivity contribution in [2.24, 2.45) is 0 Å². The van der Waals surface area contributed by atoms with Crippen molar-refractivity contribution in [2.45, 2.75) is 57.2 Å². The molecular formula is C17H22F2N2O. The lowest BCUT2D eigenvalue weighted by atomic mass is 9.88. The van der Waals surface area contributed by atoms with Gasteiger partial charge in [0, 0.05) is 18.7 Å². The summed E-state index contributed by atoms with van der Waals surface area (Å²) in [5.41, 5.74) is 0.0482. The summed E-state index contributed by atoms with van der Waals surface area (Å²) in [4.78, 5) is 14.8. The first-order chi connectivity index (χ1) is 10.4. The van der Waals surface area contributed by atoms with Crippen LogP contribution in [0.25, 0.3) is 0 Å². The van der Waals surface area contributed by atoms with E-state index >= 15 is 0 Å². The van der Waals surface area contributed by atoms with Crippen LogP contribution in [0.15, 0.2) is 18.2 Å². The Morgan fingerprint density at radius 3 is 2.32 bits per heavy atom. The van der Waals surface area contributed by atoms with Gasteiger partial charge >= 0.3 is 0 Å². The van der Waals surface area contributed by atoms with E-state index < -0.39 is 17.2 Å². The summed E-state index contributed by atoms with van der Waals surface area (Å²) in [5, 5.41) is 3.38. The fourth-order valence-corrected chi connectivity index (χ4v) is 3.86. The number of piperazine rings is 1. The molecular weight excluding hydrogens is 286 g/mol. The van der Waals surface area contributed by atoms with E-state index in [0.29, 0.717) is 12.1 Å². The molecule has 1 heterocycles. The second kappa shape index (κ2) is 5.61. The molecule has 1 amide bonds. The maximum absolute atomic E-state index is 13.5. The third-order valence-corrected chi connectivity index (χ3v) is 4.90. The van der Waals surface area contributed by atoms with Crippen LogP contribution in [0.2, 0.25) is 0 Å². The van der Waals surface area contributed by atoms with Gasteiger partial charge in [-0.1, -0.05) is 12.8 Å². The smallest absolute Gasteiger partial charge is 0.243 e. The molecule has 1 aliphatic heterocycles. The monoisotopic (exact) mass is 308 g/mol. The number of amides is 1. The molecule has 1 atom stereocenters. The van der Waals surface area contributed by atoms with Crippen LogP contribution in [0, 0.1) is 11.6 Å². The Balaban J connectivity index is 1.96. The van der Waals surface area contributed by atoms with Crippen molar-refractivity contribution in [1.82, 2.24) is 10.2 Å². The maximum atomic E-state index is 13.5. The Hall–Kier alpha value is -1.49. The lowest BCUT2D eigenvalue weighted by Gasteiger charge is -2.47. The highest BCUT2D eigenvalue weighted by Gasteiger charge is 2.49. The minimum absolute atomic E-state index is 0.0107. The molecule has 1 aromatic carbocycles. The summed E-state index contributed by atoms with van der Waals surface area (Å²) in [7, 11) is 0. The van der Waals surface area contributed by atoms with Crippen molar-refractivity contribution >= 4 is 5.91 Å². The van der Waals surface area contributed by atoms with Gasteiger partial charge in [-0.3, -0.25) is 4.79 Å². The molecule has 5 heteroatoms. The van der Waals surface area contributed by atoms with Crippen molar-refractivity contribution < 1.29 is 13.6 Å². The van der Waals surface area contributed by atoms with Crippen LogP contribution in [0.1, 0.15) is 51.1 Å². The molecule has 1 spiro atoms. The highest BCUT2D eigenvalue weighted by atomic mass is 19.1. The predicted octanol–water partition coefficient (Wildman–Crippen LogP) is 3.16. The summed E-state index contributed by atoms with van der Waals surface area (Å²) >= 11 is 0. The molecule has 0 aromatic heterocycles. The highest BCUT2D eigenvalue weighted by molar-refractivity contribution is 5.88. The van der Waals surface area contributed by atoms with Gasteiger partial charge in [0.1, 0.15) is 11.6 Å². The quantitative estimate of drug-likeness (QED) is 0.910. The van der Waals surface area contributed by atoms with E-state index in [2.05, 4.69) is 5.32 Å². The first-order valence-corrected chi connectivity index (χ1v) is 7.97. The number of hydrogen-bond donors (Lipinski definition) is 1. The molecule has 1 aromatic rings. The molecule has 1 saturated carbocycles.